The largest absolute Gasteiger partial charge is 0.435 e. The molecule has 4 heteroatoms. The van der Waals surface area contributed by atoms with Gasteiger partial charge in [-0.25, -0.2) is 4.79 Å². The van der Waals surface area contributed by atoms with Crippen molar-refractivity contribution in [3.63, 3.8) is 0 Å². The lowest BCUT2D eigenvalue weighted by Crippen LogP contribution is -2.40. The van der Waals surface area contributed by atoms with Crippen LogP contribution in [0.5, 0.6) is 0 Å². The Hall–Kier alpha value is -0.870. The summed E-state index contributed by atoms with van der Waals surface area (Å²) in [6, 6.07) is 0. The number of carbonyl (C=O) groups is 1. The zero-order valence-electron chi connectivity index (χ0n) is 9.54. The van der Waals surface area contributed by atoms with Gasteiger partial charge in [-0.05, 0) is 13.3 Å². The fourth-order valence-electron chi connectivity index (χ4n) is 1.50. The molecule has 0 aromatic heterocycles. The monoisotopic (exact) mass is 214 g/mol. The molecule has 0 atom stereocenters. The van der Waals surface area contributed by atoms with Crippen LogP contribution in [0.1, 0.15) is 20.3 Å². The Morgan fingerprint density at radius 1 is 1.53 bits per heavy atom. The van der Waals surface area contributed by atoms with Crippen molar-refractivity contribution in [1.29, 1.82) is 0 Å². The van der Waals surface area contributed by atoms with Gasteiger partial charge >= 0.3 is 5.97 Å². The van der Waals surface area contributed by atoms with Gasteiger partial charge in [0.1, 0.15) is 0 Å². The van der Waals surface area contributed by atoms with E-state index < -0.39 is 0 Å². The molecule has 1 rings (SSSR count). The molecule has 0 spiro atoms. The number of hydrogen-bond acceptors (Lipinski definition) is 4. The van der Waals surface area contributed by atoms with Crippen molar-refractivity contribution >= 4 is 5.97 Å². The van der Waals surface area contributed by atoms with Crippen molar-refractivity contribution in [1.82, 2.24) is 0 Å². The Kier molecular flexibility index (Phi) is 4.29. The van der Waals surface area contributed by atoms with Gasteiger partial charge in [-0.15, -0.1) is 0 Å². The van der Waals surface area contributed by atoms with E-state index in [2.05, 4.69) is 11.7 Å². The highest BCUT2D eigenvalue weighted by molar-refractivity contribution is 5.87. The zero-order chi connectivity index (χ0) is 11.3. The van der Waals surface area contributed by atoms with E-state index in [-0.39, 0.29) is 18.2 Å². The fraction of sp³-hybridized carbons (Fsp3) is 0.727. The highest BCUT2D eigenvalue weighted by Gasteiger charge is 2.35. The summed E-state index contributed by atoms with van der Waals surface area (Å²) in [5.41, 5.74) is 0.660. The Labute approximate surface area is 90.2 Å². The Morgan fingerprint density at radius 3 is 2.60 bits per heavy atom. The van der Waals surface area contributed by atoms with Crippen molar-refractivity contribution in [3.05, 3.63) is 11.6 Å². The molecular formula is C11H18O4. The molecule has 86 valence electrons. The van der Waals surface area contributed by atoms with Crippen molar-refractivity contribution in [3.8, 4) is 0 Å². The van der Waals surface area contributed by atoms with Gasteiger partial charge in [0.15, 0.2) is 6.79 Å². The second-order valence-electron chi connectivity index (χ2n) is 3.87. The first-order chi connectivity index (χ1) is 7.13. The van der Waals surface area contributed by atoms with Crippen LogP contribution in [-0.2, 0) is 19.0 Å². The predicted molar refractivity (Wildman–Crippen MR) is 55.3 cm³/mol. The normalized spacial score (nSPS) is 19.5. The van der Waals surface area contributed by atoms with Gasteiger partial charge in [-0.1, -0.05) is 13.0 Å². The van der Waals surface area contributed by atoms with Crippen LogP contribution in [0.15, 0.2) is 11.6 Å². The molecule has 0 unspecified atom stereocenters. The molecule has 1 fully saturated rings. The summed E-state index contributed by atoms with van der Waals surface area (Å²) < 4.78 is 14.7. The lowest BCUT2D eigenvalue weighted by molar-refractivity contribution is -0.149. The molecule has 1 aliphatic heterocycles. The first-order valence-corrected chi connectivity index (χ1v) is 5.07. The molecule has 0 aromatic carbocycles. The van der Waals surface area contributed by atoms with Gasteiger partial charge in [0.05, 0.1) is 13.2 Å². The second-order valence-corrected chi connectivity index (χ2v) is 3.87. The Balaban J connectivity index is 2.53. The molecule has 0 N–H and O–H groups in total. The maximum atomic E-state index is 11.4. The maximum absolute atomic E-state index is 11.4. The van der Waals surface area contributed by atoms with Gasteiger partial charge in [0.25, 0.3) is 0 Å². The summed E-state index contributed by atoms with van der Waals surface area (Å²) in [6.07, 6.45) is 2.93. The van der Waals surface area contributed by atoms with Crippen LogP contribution in [0.25, 0.3) is 0 Å². The quantitative estimate of drug-likeness (QED) is 0.395. The van der Waals surface area contributed by atoms with Crippen LogP contribution in [0.4, 0.5) is 0 Å². The summed E-state index contributed by atoms with van der Waals surface area (Å²) in [5, 5.41) is 0. The number of ether oxygens (including phenoxy) is 3. The molecular weight excluding hydrogens is 196 g/mol. The molecule has 0 amide bonds. The molecule has 0 radical (unpaired) electrons. The lowest BCUT2D eigenvalue weighted by atomic mass is 9.81. The van der Waals surface area contributed by atoms with E-state index in [1.165, 1.54) is 7.11 Å². The van der Waals surface area contributed by atoms with Gasteiger partial charge in [0.2, 0.25) is 0 Å². The molecule has 0 bridgehead atoms. The van der Waals surface area contributed by atoms with Crippen molar-refractivity contribution < 1.29 is 19.0 Å². The van der Waals surface area contributed by atoms with E-state index in [4.69, 9.17) is 9.47 Å². The lowest BCUT2D eigenvalue weighted by Gasteiger charge is -2.38. The minimum atomic E-state index is -0.323. The van der Waals surface area contributed by atoms with Crippen LogP contribution in [-0.4, -0.2) is 33.1 Å². The minimum absolute atomic E-state index is 0.000359. The maximum Gasteiger partial charge on any atom is 0.335 e. The Bertz CT molecular complexity index is 248. The molecule has 1 heterocycles. The summed E-state index contributed by atoms with van der Waals surface area (Å²) >= 11 is 0. The summed E-state index contributed by atoms with van der Waals surface area (Å²) in [4.78, 5) is 11.4. The van der Waals surface area contributed by atoms with E-state index in [1.54, 1.807) is 6.92 Å². The van der Waals surface area contributed by atoms with E-state index in [0.717, 1.165) is 6.42 Å². The van der Waals surface area contributed by atoms with Gasteiger partial charge in [-0.3, -0.25) is 0 Å². The third-order valence-electron chi connectivity index (χ3n) is 2.64. The number of carbonyl (C=O) groups excluding carboxylic acids is 1. The molecule has 0 aromatic rings. The van der Waals surface area contributed by atoms with E-state index in [1.807, 2.05) is 6.08 Å². The highest BCUT2D eigenvalue weighted by Crippen LogP contribution is 2.33. The predicted octanol–water partition coefficient (Wildman–Crippen LogP) is 1.51. The van der Waals surface area contributed by atoms with Gasteiger partial charge < -0.3 is 14.2 Å². The van der Waals surface area contributed by atoms with Crippen LogP contribution >= 0.6 is 0 Å². The SMILES string of the molecule is CCC1(C=C(C)C(=O)OCOC)COC1. The van der Waals surface area contributed by atoms with Crippen LogP contribution < -0.4 is 0 Å². The van der Waals surface area contributed by atoms with Crippen molar-refractivity contribution in [2.24, 2.45) is 5.41 Å². The summed E-state index contributed by atoms with van der Waals surface area (Å²) in [7, 11) is 1.49. The molecule has 1 saturated heterocycles. The number of esters is 1. The highest BCUT2D eigenvalue weighted by atomic mass is 16.7. The summed E-state index contributed by atoms with van der Waals surface area (Å²) in [6.45, 7) is 5.23. The van der Waals surface area contributed by atoms with Crippen LogP contribution in [0.2, 0.25) is 0 Å². The summed E-state index contributed by atoms with van der Waals surface area (Å²) in [5.74, 6) is -0.323. The standard InChI is InChI=1S/C11H18O4/c1-4-11(6-14-7-11)5-9(2)10(12)15-8-13-3/h5H,4,6-8H2,1-3H3. The van der Waals surface area contributed by atoms with Gasteiger partial charge in [-0.2, -0.15) is 0 Å². The third-order valence-corrected chi connectivity index (χ3v) is 2.64. The number of rotatable bonds is 5. The van der Waals surface area contributed by atoms with Crippen LogP contribution in [0, 0.1) is 5.41 Å². The first kappa shape index (κ1) is 12.2. The Morgan fingerprint density at radius 2 is 2.20 bits per heavy atom. The average molecular weight is 214 g/mol. The van der Waals surface area contributed by atoms with Crippen molar-refractivity contribution in [2.75, 3.05) is 27.1 Å². The van der Waals surface area contributed by atoms with Crippen molar-refractivity contribution in [2.45, 2.75) is 20.3 Å². The smallest absolute Gasteiger partial charge is 0.335 e. The van der Waals surface area contributed by atoms with Gasteiger partial charge in [0, 0.05) is 18.1 Å². The van der Waals surface area contributed by atoms with E-state index in [0.29, 0.717) is 18.8 Å². The molecule has 4 nitrogen and oxygen atoms in total. The molecule has 0 aliphatic carbocycles. The first-order valence-electron chi connectivity index (χ1n) is 5.07. The third kappa shape index (κ3) is 3.04. The fourth-order valence-corrected chi connectivity index (χ4v) is 1.50. The zero-order valence-corrected chi connectivity index (χ0v) is 9.54. The number of hydrogen-bond donors (Lipinski definition) is 0. The molecule has 15 heavy (non-hydrogen) atoms. The second kappa shape index (κ2) is 5.28. The van der Waals surface area contributed by atoms with E-state index >= 15 is 0 Å². The minimum Gasteiger partial charge on any atom is -0.435 e. The number of methoxy groups -OCH3 is 1. The van der Waals surface area contributed by atoms with E-state index in [9.17, 15) is 4.79 Å². The average Bonchev–Trinajstić information content (AvgIpc) is 2.19. The van der Waals surface area contributed by atoms with Crippen LogP contribution in [0.3, 0.4) is 0 Å². The topological polar surface area (TPSA) is 44.8 Å². The molecule has 0 saturated carbocycles. The molecule has 1 aliphatic rings.